The quantitative estimate of drug-likeness (QED) is 0.546. The summed E-state index contributed by atoms with van der Waals surface area (Å²) in [6, 6.07) is 0. The van der Waals surface area contributed by atoms with Gasteiger partial charge in [-0.25, -0.2) is 4.39 Å². The van der Waals surface area contributed by atoms with Crippen molar-refractivity contribution in [2.75, 3.05) is 0 Å². The summed E-state index contributed by atoms with van der Waals surface area (Å²) in [5, 5.41) is 0. The minimum absolute atomic E-state index is 0.199. The van der Waals surface area contributed by atoms with Crippen LogP contribution in [0.4, 0.5) is 4.39 Å². The molecular weight excluding hydrogens is 371 g/mol. The van der Waals surface area contributed by atoms with Crippen LogP contribution in [-0.2, 0) is 9.59 Å². The van der Waals surface area contributed by atoms with E-state index in [0.717, 1.165) is 31.3 Å². The van der Waals surface area contributed by atoms with E-state index in [2.05, 4.69) is 36.4 Å². The van der Waals surface area contributed by atoms with Crippen molar-refractivity contribution in [3.05, 3.63) is 23.6 Å². The highest BCUT2D eigenvalue weighted by Crippen LogP contribution is 2.66. The minimum Gasteiger partial charge on any atom is -0.299 e. The summed E-state index contributed by atoms with van der Waals surface area (Å²) in [5.74, 6) is 0.501. The van der Waals surface area contributed by atoms with Gasteiger partial charge >= 0.3 is 0 Å². The van der Waals surface area contributed by atoms with Gasteiger partial charge in [0.1, 0.15) is 5.78 Å². The van der Waals surface area contributed by atoms with Crippen molar-refractivity contribution < 1.29 is 14.0 Å². The van der Waals surface area contributed by atoms with E-state index >= 15 is 0 Å². The van der Waals surface area contributed by atoms with Crippen LogP contribution < -0.4 is 0 Å². The van der Waals surface area contributed by atoms with E-state index in [-0.39, 0.29) is 10.8 Å². The molecule has 0 aliphatic heterocycles. The molecule has 0 N–H and O–H groups in total. The van der Waals surface area contributed by atoms with Crippen LogP contribution >= 0.6 is 15.9 Å². The largest absolute Gasteiger partial charge is 0.299 e. The van der Waals surface area contributed by atoms with Gasteiger partial charge in [-0.15, -0.1) is 0 Å². The molecule has 0 amide bonds. The summed E-state index contributed by atoms with van der Waals surface area (Å²) in [6.07, 6.45) is 4.85. The molecule has 0 aromatic rings. The maximum Gasteiger partial charge on any atom is 0.205 e. The number of halogens is 2. The summed E-state index contributed by atoms with van der Waals surface area (Å²) in [5.41, 5.74) is 0.819. The SMILES string of the molecule is C=C1C[C@@H]2[C@@H](CC[C@]3(C)C(=O)CC[C@@H]23)[C@@]2(C)CC(Br)C(=O)C(F)=C12. The summed E-state index contributed by atoms with van der Waals surface area (Å²) in [7, 11) is 0. The molecule has 4 rings (SSSR count). The maximum atomic E-state index is 14.8. The fraction of sp³-hybridized carbons (Fsp3) is 0.700. The standard InChI is InChI=1S/C20H24BrFO2/c1-10-8-11-12-4-5-15(23)19(12,2)7-6-13(11)20(3)9-14(21)18(24)17(22)16(10)20/h11-14H,1,4-9H2,2-3H3/t11-,12-,13+,14?,19-,20+/m0/s1. The summed E-state index contributed by atoms with van der Waals surface area (Å²) in [4.78, 5) is 24.1. The molecule has 2 nitrogen and oxygen atoms in total. The van der Waals surface area contributed by atoms with Crippen molar-refractivity contribution in [3.8, 4) is 0 Å². The molecule has 3 saturated carbocycles. The molecule has 0 bridgehead atoms. The lowest BCUT2D eigenvalue weighted by Crippen LogP contribution is -2.52. The molecule has 130 valence electrons. The second-order valence-corrected chi connectivity index (χ2v) is 9.85. The molecule has 24 heavy (non-hydrogen) atoms. The van der Waals surface area contributed by atoms with Gasteiger partial charge in [-0.3, -0.25) is 9.59 Å². The zero-order chi connectivity index (χ0) is 17.4. The Labute approximate surface area is 151 Å². The number of carbonyl (C=O) groups excluding carboxylic acids is 2. The van der Waals surface area contributed by atoms with E-state index in [9.17, 15) is 14.0 Å². The van der Waals surface area contributed by atoms with E-state index < -0.39 is 16.4 Å². The lowest BCUT2D eigenvalue weighted by atomic mass is 9.46. The second-order valence-electron chi connectivity index (χ2n) is 8.74. The van der Waals surface area contributed by atoms with E-state index in [0.29, 0.717) is 42.0 Å². The van der Waals surface area contributed by atoms with E-state index in [4.69, 9.17) is 0 Å². The topological polar surface area (TPSA) is 34.1 Å². The average molecular weight is 395 g/mol. The van der Waals surface area contributed by atoms with Gasteiger partial charge in [-0.1, -0.05) is 36.4 Å². The zero-order valence-electron chi connectivity index (χ0n) is 14.3. The van der Waals surface area contributed by atoms with Crippen LogP contribution in [0.2, 0.25) is 0 Å². The molecular formula is C20H24BrFO2. The molecule has 0 heterocycles. The first-order chi connectivity index (χ1) is 11.2. The van der Waals surface area contributed by atoms with E-state index in [1.165, 1.54) is 0 Å². The van der Waals surface area contributed by atoms with Crippen LogP contribution in [0.5, 0.6) is 0 Å². The van der Waals surface area contributed by atoms with E-state index in [1.54, 1.807) is 0 Å². The maximum absolute atomic E-state index is 14.8. The number of hydrogen-bond donors (Lipinski definition) is 0. The van der Waals surface area contributed by atoms with Crippen molar-refractivity contribution in [1.82, 2.24) is 0 Å². The van der Waals surface area contributed by atoms with Gasteiger partial charge < -0.3 is 0 Å². The molecule has 1 unspecified atom stereocenters. The van der Waals surface area contributed by atoms with Crippen molar-refractivity contribution in [2.24, 2.45) is 28.6 Å². The number of carbonyl (C=O) groups is 2. The number of rotatable bonds is 0. The van der Waals surface area contributed by atoms with Crippen LogP contribution in [0.3, 0.4) is 0 Å². The van der Waals surface area contributed by atoms with Gasteiger partial charge in [0.15, 0.2) is 5.83 Å². The Balaban J connectivity index is 1.81. The fourth-order valence-corrected chi connectivity index (χ4v) is 7.37. The van der Waals surface area contributed by atoms with Gasteiger partial charge in [0.2, 0.25) is 5.78 Å². The summed E-state index contributed by atoms with van der Waals surface area (Å²) >= 11 is 3.40. The lowest BCUT2D eigenvalue weighted by Gasteiger charge is -2.57. The highest BCUT2D eigenvalue weighted by molar-refractivity contribution is 9.10. The van der Waals surface area contributed by atoms with Crippen molar-refractivity contribution in [3.63, 3.8) is 0 Å². The Hall–Kier alpha value is -0.770. The average Bonchev–Trinajstić information content (AvgIpc) is 2.80. The first-order valence-electron chi connectivity index (χ1n) is 9.00. The summed E-state index contributed by atoms with van der Waals surface area (Å²) < 4.78 is 14.8. The van der Waals surface area contributed by atoms with Gasteiger partial charge in [0, 0.05) is 22.8 Å². The third kappa shape index (κ3) is 1.92. The number of alkyl halides is 1. The van der Waals surface area contributed by atoms with Gasteiger partial charge in [-0.05, 0) is 55.4 Å². The van der Waals surface area contributed by atoms with E-state index in [1.807, 2.05) is 0 Å². The lowest BCUT2D eigenvalue weighted by molar-refractivity contribution is -0.132. The minimum atomic E-state index is -0.579. The highest BCUT2D eigenvalue weighted by atomic mass is 79.9. The Bertz CT molecular complexity index is 696. The molecule has 0 saturated heterocycles. The van der Waals surface area contributed by atoms with Crippen LogP contribution in [0, 0.1) is 28.6 Å². The smallest absolute Gasteiger partial charge is 0.205 e. The van der Waals surface area contributed by atoms with Crippen LogP contribution in [0.15, 0.2) is 23.6 Å². The monoisotopic (exact) mass is 394 g/mol. The van der Waals surface area contributed by atoms with Crippen LogP contribution in [0.1, 0.15) is 52.4 Å². The Morgan fingerprint density at radius 3 is 2.54 bits per heavy atom. The number of allylic oxidation sites excluding steroid dienone is 2. The van der Waals surface area contributed by atoms with Crippen molar-refractivity contribution in [1.29, 1.82) is 0 Å². The van der Waals surface area contributed by atoms with Crippen molar-refractivity contribution in [2.45, 2.75) is 57.2 Å². The molecule has 4 aliphatic carbocycles. The van der Waals surface area contributed by atoms with Crippen molar-refractivity contribution >= 4 is 27.5 Å². The molecule has 6 atom stereocenters. The number of Topliss-reactive ketones (excluding diaryl/α,β-unsaturated/α-hetero) is 2. The molecule has 3 fully saturated rings. The number of ketones is 2. The molecule has 0 aromatic carbocycles. The Morgan fingerprint density at radius 1 is 1.17 bits per heavy atom. The van der Waals surface area contributed by atoms with Gasteiger partial charge in [-0.2, -0.15) is 0 Å². The van der Waals surface area contributed by atoms with Crippen LogP contribution in [-0.4, -0.2) is 16.4 Å². The molecule has 0 spiro atoms. The fourth-order valence-electron chi connectivity index (χ4n) is 6.50. The molecule has 4 aliphatic rings. The third-order valence-electron chi connectivity index (χ3n) is 7.69. The Kier molecular flexibility index (Phi) is 3.56. The van der Waals surface area contributed by atoms with Gasteiger partial charge in [0.25, 0.3) is 0 Å². The van der Waals surface area contributed by atoms with Crippen LogP contribution in [0.25, 0.3) is 0 Å². The normalized spacial score (nSPS) is 48.2. The highest BCUT2D eigenvalue weighted by Gasteiger charge is 2.61. The molecule has 0 radical (unpaired) electrons. The predicted octanol–water partition coefficient (Wildman–Crippen LogP) is 4.92. The molecule has 0 aromatic heterocycles. The first kappa shape index (κ1) is 16.7. The third-order valence-corrected chi connectivity index (χ3v) is 8.43. The Morgan fingerprint density at radius 2 is 1.83 bits per heavy atom. The second kappa shape index (κ2) is 5.12. The first-order valence-corrected chi connectivity index (χ1v) is 9.91. The number of fused-ring (bicyclic) bond motifs is 5. The van der Waals surface area contributed by atoms with Gasteiger partial charge in [0.05, 0.1) is 4.83 Å². The molecule has 4 heteroatoms. The number of hydrogen-bond acceptors (Lipinski definition) is 2. The zero-order valence-corrected chi connectivity index (χ0v) is 15.9. The summed E-state index contributed by atoms with van der Waals surface area (Å²) in [6.45, 7) is 8.40. The predicted molar refractivity (Wildman–Crippen MR) is 94.4 cm³/mol.